The molecule has 0 saturated carbocycles. The number of hydrogen-bond acceptors (Lipinski definition) is 2. The van der Waals surface area contributed by atoms with Crippen molar-refractivity contribution in [2.24, 2.45) is 0 Å². The zero-order valence-corrected chi connectivity index (χ0v) is 8.22. The number of nitrogens with zero attached hydrogens (tertiary/aromatic N) is 1. The summed E-state index contributed by atoms with van der Waals surface area (Å²) in [5.41, 5.74) is -0.407. The summed E-state index contributed by atoms with van der Waals surface area (Å²) in [6.07, 6.45) is 0.931. The van der Waals surface area contributed by atoms with Crippen LogP contribution in [0.15, 0.2) is 0 Å². The summed E-state index contributed by atoms with van der Waals surface area (Å²) in [6, 6.07) is 0. The minimum atomic E-state index is -0.407. The molecule has 11 heavy (non-hydrogen) atoms. The highest BCUT2D eigenvalue weighted by molar-refractivity contribution is 4.84. The van der Waals surface area contributed by atoms with E-state index in [4.69, 9.17) is 0 Å². The first-order valence-corrected chi connectivity index (χ1v) is 4.59. The summed E-state index contributed by atoms with van der Waals surface area (Å²) < 4.78 is 0. The van der Waals surface area contributed by atoms with Gasteiger partial charge < -0.3 is 10.0 Å². The predicted molar refractivity (Wildman–Crippen MR) is 48.7 cm³/mol. The van der Waals surface area contributed by atoms with Gasteiger partial charge in [0.05, 0.1) is 5.60 Å². The van der Waals surface area contributed by atoms with E-state index in [0.29, 0.717) is 0 Å². The largest absolute Gasteiger partial charge is 0.389 e. The van der Waals surface area contributed by atoms with Gasteiger partial charge in [-0.05, 0) is 19.9 Å². The summed E-state index contributed by atoms with van der Waals surface area (Å²) >= 11 is 0. The maximum absolute atomic E-state index is 9.45. The first kappa shape index (κ1) is 10.9. The van der Waals surface area contributed by atoms with Crippen LogP contribution in [0, 0.1) is 0 Å². The third kappa shape index (κ3) is 3.73. The van der Waals surface area contributed by atoms with Crippen LogP contribution in [0.5, 0.6) is 0 Å². The first-order chi connectivity index (χ1) is 5.14. The van der Waals surface area contributed by atoms with Crippen LogP contribution in [0.25, 0.3) is 0 Å². The maximum atomic E-state index is 9.45. The molecule has 1 heterocycles. The first-order valence-electron chi connectivity index (χ1n) is 4.59. The van der Waals surface area contributed by atoms with E-state index in [1.54, 1.807) is 0 Å². The zero-order valence-electron chi connectivity index (χ0n) is 8.22. The van der Waals surface area contributed by atoms with Gasteiger partial charge in [-0.1, -0.05) is 20.8 Å². The quantitative estimate of drug-likeness (QED) is 0.626. The Morgan fingerprint density at radius 1 is 1.45 bits per heavy atom. The second-order valence-electron chi connectivity index (χ2n) is 3.12. The molecule has 1 unspecified atom stereocenters. The van der Waals surface area contributed by atoms with E-state index in [0.717, 1.165) is 26.1 Å². The van der Waals surface area contributed by atoms with E-state index >= 15 is 0 Å². The lowest BCUT2D eigenvalue weighted by atomic mass is 10.1. The molecule has 0 spiro atoms. The topological polar surface area (TPSA) is 23.5 Å². The fourth-order valence-corrected chi connectivity index (χ4v) is 1.31. The van der Waals surface area contributed by atoms with Crippen LogP contribution in [0.2, 0.25) is 0 Å². The lowest BCUT2D eigenvalue weighted by Gasteiger charge is -2.16. The summed E-state index contributed by atoms with van der Waals surface area (Å²) in [5.74, 6) is 0. The molecule has 0 amide bonds. The van der Waals surface area contributed by atoms with Gasteiger partial charge in [-0.25, -0.2) is 0 Å². The molecule has 0 radical (unpaired) electrons. The third-order valence-electron chi connectivity index (χ3n) is 1.98. The Morgan fingerprint density at radius 2 is 2.00 bits per heavy atom. The normalized spacial score (nSPS) is 31.4. The Balaban J connectivity index is 0.000000461. The second kappa shape index (κ2) is 4.73. The van der Waals surface area contributed by atoms with Gasteiger partial charge >= 0.3 is 0 Å². The van der Waals surface area contributed by atoms with Gasteiger partial charge in [0.2, 0.25) is 0 Å². The van der Waals surface area contributed by atoms with Crippen molar-refractivity contribution < 1.29 is 5.11 Å². The number of aliphatic hydroxyl groups is 1. The van der Waals surface area contributed by atoms with Crippen LogP contribution in [0.3, 0.4) is 0 Å². The summed E-state index contributed by atoms with van der Waals surface area (Å²) in [4.78, 5) is 2.26. The van der Waals surface area contributed by atoms with E-state index in [-0.39, 0.29) is 0 Å². The van der Waals surface area contributed by atoms with Crippen molar-refractivity contribution in [1.82, 2.24) is 4.90 Å². The number of hydrogen-bond donors (Lipinski definition) is 1. The van der Waals surface area contributed by atoms with E-state index in [9.17, 15) is 5.11 Å². The molecule has 1 rings (SSSR count). The Hall–Kier alpha value is -0.0800. The molecule has 1 aliphatic rings. The van der Waals surface area contributed by atoms with Crippen LogP contribution < -0.4 is 0 Å². The van der Waals surface area contributed by atoms with Gasteiger partial charge in [-0.15, -0.1) is 0 Å². The second-order valence-corrected chi connectivity index (χ2v) is 3.12. The van der Waals surface area contributed by atoms with Crippen molar-refractivity contribution in [3.8, 4) is 0 Å². The number of β-amino-alcohol motifs (C(OH)–C–C–N with tert-alkyl or cyclic N) is 1. The summed E-state index contributed by atoms with van der Waals surface area (Å²) in [6.45, 7) is 11.0. The molecule has 1 saturated heterocycles. The molecular formula is C9H21NO. The van der Waals surface area contributed by atoms with E-state index in [1.165, 1.54) is 0 Å². The molecule has 68 valence electrons. The minimum absolute atomic E-state index is 0.407. The number of likely N-dealkylation sites (N-methyl/N-ethyl adjacent to an activating group) is 1. The highest BCUT2D eigenvalue weighted by Crippen LogP contribution is 2.18. The summed E-state index contributed by atoms with van der Waals surface area (Å²) in [5, 5.41) is 9.45. The third-order valence-corrected chi connectivity index (χ3v) is 1.98. The molecule has 0 aliphatic carbocycles. The fourth-order valence-electron chi connectivity index (χ4n) is 1.31. The van der Waals surface area contributed by atoms with Crippen LogP contribution in [0.1, 0.15) is 34.1 Å². The molecule has 0 bridgehead atoms. The van der Waals surface area contributed by atoms with E-state index in [2.05, 4.69) is 11.8 Å². The fraction of sp³-hybridized carbons (Fsp3) is 1.00. The average Bonchev–Trinajstić information content (AvgIpc) is 2.34. The molecule has 0 aromatic rings. The highest BCUT2D eigenvalue weighted by atomic mass is 16.3. The highest BCUT2D eigenvalue weighted by Gasteiger charge is 2.29. The van der Waals surface area contributed by atoms with Crippen molar-refractivity contribution in [2.45, 2.75) is 39.7 Å². The van der Waals surface area contributed by atoms with Gasteiger partial charge in [-0.3, -0.25) is 0 Å². The number of rotatable bonds is 1. The maximum Gasteiger partial charge on any atom is 0.0758 e. The van der Waals surface area contributed by atoms with E-state index in [1.807, 2.05) is 20.8 Å². The SMILES string of the molecule is CC.CCN1CCC(C)(O)C1. The molecule has 2 nitrogen and oxygen atoms in total. The molecule has 2 heteroatoms. The molecule has 1 N–H and O–H groups in total. The Labute approximate surface area is 70.2 Å². The smallest absolute Gasteiger partial charge is 0.0758 e. The molecular weight excluding hydrogens is 138 g/mol. The Kier molecular flexibility index (Phi) is 4.69. The Bertz CT molecular complexity index is 102. The van der Waals surface area contributed by atoms with Crippen molar-refractivity contribution in [1.29, 1.82) is 0 Å². The molecule has 0 aromatic carbocycles. The van der Waals surface area contributed by atoms with Crippen LogP contribution in [-0.4, -0.2) is 35.2 Å². The van der Waals surface area contributed by atoms with Gasteiger partial charge in [-0.2, -0.15) is 0 Å². The zero-order chi connectivity index (χ0) is 8.91. The van der Waals surface area contributed by atoms with Crippen molar-refractivity contribution in [3.05, 3.63) is 0 Å². The summed E-state index contributed by atoms with van der Waals surface area (Å²) in [7, 11) is 0. The van der Waals surface area contributed by atoms with Crippen molar-refractivity contribution in [3.63, 3.8) is 0 Å². The van der Waals surface area contributed by atoms with Crippen LogP contribution in [0.4, 0.5) is 0 Å². The number of likely N-dealkylation sites (tertiary alicyclic amines) is 1. The van der Waals surface area contributed by atoms with Gasteiger partial charge in [0.25, 0.3) is 0 Å². The van der Waals surface area contributed by atoms with Crippen molar-refractivity contribution in [2.75, 3.05) is 19.6 Å². The molecule has 1 fully saturated rings. The lowest BCUT2D eigenvalue weighted by Crippen LogP contribution is -2.29. The minimum Gasteiger partial charge on any atom is -0.389 e. The van der Waals surface area contributed by atoms with Gasteiger partial charge in [0, 0.05) is 13.1 Å². The predicted octanol–water partition coefficient (Wildman–Crippen LogP) is 1.49. The monoisotopic (exact) mass is 159 g/mol. The van der Waals surface area contributed by atoms with Gasteiger partial charge in [0.15, 0.2) is 0 Å². The molecule has 1 aliphatic heterocycles. The Morgan fingerprint density at radius 3 is 2.18 bits per heavy atom. The van der Waals surface area contributed by atoms with E-state index < -0.39 is 5.60 Å². The standard InChI is InChI=1S/C7H15NO.C2H6/c1-3-8-5-4-7(2,9)6-8;1-2/h9H,3-6H2,1-2H3;1-2H3. The van der Waals surface area contributed by atoms with Crippen LogP contribution >= 0.6 is 0 Å². The molecule has 0 aromatic heterocycles. The van der Waals surface area contributed by atoms with Crippen LogP contribution in [-0.2, 0) is 0 Å². The lowest BCUT2D eigenvalue weighted by molar-refractivity contribution is 0.0695. The van der Waals surface area contributed by atoms with Gasteiger partial charge in [0.1, 0.15) is 0 Å². The average molecular weight is 159 g/mol. The molecule has 1 atom stereocenters. The van der Waals surface area contributed by atoms with Crippen molar-refractivity contribution >= 4 is 0 Å².